The Balaban J connectivity index is 4.61. The SMILES string of the molecule is C=CC(C)C(OCC)(OCC)OCC. The zero-order chi connectivity index (χ0) is 11.0. The molecule has 0 saturated carbocycles. The Bertz CT molecular complexity index is 140. The van der Waals surface area contributed by atoms with Crippen molar-refractivity contribution in [3.63, 3.8) is 0 Å². The zero-order valence-electron chi connectivity index (χ0n) is 9.71. The smallest absolute Gasteiger partial charge is 0.289 e. The fourth-order valence-electron chi connectivity index (χ4n) is 1.27. The number of rotatable bonds is 8. The largest absolute Gasteiger partial charge is 0.327 e. The average Bonchev–Trinajstić information content (AvgIpc) is 2.17. The van der Waals surface area contributed by atoms with E-state index in [-0.39, 0.29) is 5.92 Å². The molecule has 1 unspecified atom stereocenters. The highest BCUT2D eigenvalue weighted by molar-refractivity contribution is 4.83. The minimum absolute atomic E-state index is 0.00218. The summed E-state index contributed by atoms with van der Waals surface area (Å²) in [6, 6.07) is 0. The monoisotopic (exact) mass is 202 g/mol. The first kappa shape index (κ1) is 13.6. The van der Waals surface area contributed by atoms with Crippen LogP contribution in [0.3, 0.4) is 0 Å². The molecule has 0 aromatic rings. The van der Waals surface area contributed by atoms with E-state index in [1.54, 1.807) is 6.08 Å². The molecule has 1 atom stereocenters. The third-order valence-corrected chi connectivity index (χ3v) is 1.95. The maximum Gasteiger partial charge on any atom is 0.289 e. The van der Waals surface area contributed by atoms with Crippen LogP contribution in [0.1, 0.15) is 27.7 Å². The highest BCUT2D eigenvalue weighted by Crippen LogP contribution is 2.26. The Morgan fingerprint density at radius 2 is 1.43 bits per heavy atom. The van der Waals surface area contributed by atoms with E-state index in [1.807, 2.05) is 27.7 Å². The third-order valence-electron chi connectivity index (χ3n) is 1.95. The van der Waals surface area contributed by atoms with E-state index in [0.717, 1.165) is 0 Å². The van der Waals surface area contributed by atoms with Crippen molar-refractivity contribution in [3.05, 3.63) is 12.7 Å². The van der Waals surface area contributed by atoms with Crippen molar-refractivity contribution in [2.24, 2.45) is 5.92 Å². The van der Waals surface area contributed by atoms with Gasteiger partial charge in [-0.05, 0) is 20.8 Å². The molecule has 0 radical (unpaired) electrons. The summed E-state index contributed by atoms with van der Waals surface area (Å²) >= 11 is 0. The molecular weight excluding hydrogens is 180 g/mol. The molecule has 0 N–H and O–H groups in total. The van der Waals surface area contributed by atoms with Crippen LogP contribution >= 0.6 is 0 Å². The van der Waals surface area contributed by atoms with Gasteiger partial charge in [0.2, 0.25) is 0 Å². The number of ether oxygens (including phenoxy) is 3. The third kappa shape index (κ3) is 3.40. The predicted molar refractivity (Wildman–Crippen MR) is 57.0 cm³/mol. The molecule has 3 heteroatoms. The normalized spacial score (nSPS) is 14.0. The van der Waals surface area contributed by atoms with Gasteiger partial charge in [-0.2, -0.15) is 0 Å². The first-order valence-electron chi connectivity index (χ1n) is 5.21. The van der Waals surface area contributed by atoms with Crippen LogP contribution in [-0.4, -0.2) is 25.8 Å². The van der Waals surface area contributed by atoms with Gasteiger partial charge in [0.15, 0.2) is 0 Å². The second-order valence-electron chi connectivity index (χ2n) is 2.93. The van der Waals surface area contributed by atoms with E-state index in [4.69, 9.17) is 14.2 Å². The lowest BCUT2D eigenvalue weighted by atomic mass is 10.1. The molecule has 0 aromatic heterocycles. The van der Waals surface area contributed by atoms with Crippen molar-refractivity contribution in [2.75, 3.05) is 19.8 Å². The zero-order valence-corrected chi connectivity index (χ0v) is 9.71. The molecule has 0 bridgehead atoms. The Labute approximate surface area is 87.0 Å². The van der Waals surface area contributed by atoms with E-state index in [2.05, 4.69) is 6.58 Å². The molecular formula is C11H22O3. The molecule has 84 valence electrons. The minimum Gasteiger partial charge on any atom is -0.327 e. The molecule has 0 fully saturated rings. The van der Waals surface area contributed by atoms with Gasteiger partial charge in [-0.15, -0.1) is 6.58 Å². The lowest BCUT2D eigenvalue weighted by Gasteiger charge is -2.35. The molecule has 0 rings (SSSR count). The predicted octanol–water partition coefficient (Wildman–Crippen LogP) is 2.57. The van der Waals surface area contributed by atoms with Crippen LogP contribution in [0.25, 0.3) is 0 Å². The Morgan fingerprint density at radius 1 is 1.07 bits per heavy atom. The molecule has 0 saturated heterocycles. The maximum atomic E-state index is 5.55. The van der Waals surface area contributed by atoms with Gasteiger partial charge >= 0.3 is 0 Å². The molecule has 0 aromatic carbocycles. The summed E-state index contributed by atoms with van der Waals surface area (Å²) in [6.07, 6.45) is 1.78. The van der Waals surface area contributed by atoms with E-state index >= 15 is 0 Å². The Hall–Kier alpha value is -0.380. The lowest BCUT2D eigenvalue weighted by Crippen LogP contribution is -2.44. The molecule has 0 spiro atoms. The van der Waals surface area contributed by atoms with Crippen molar-refractivity contribution < 1.29 is 14.2 Å². The van der Waals surface area contributed by atoms with Crippen LogP contribution in [0.15, 0.2) is 12.7 Å². The summed E-state index contributed by atoms with van der Waals surface area (Å²) in [4.78, 5) is 0. The van der Waals surface area contributed by atoms with E-state index in [1.165, 1.54) is 0 Å². The summed E-state index contributed by atoms with van der Waals surface area (Å²) in [6.45, 7) is 13.1. The van der Waals surface area contributed by atoms with E-state index in [0.29, 0.717) is 19.8 Å². The van der Waals surface area contributed by atoms with E-state index < -0.39 is 5.97 Å². The van der Waals surface area contributed by atoms with Crippen molar-refractivity contribution in [2.45, 2.75) is 33.7 Å². The average molecular weight is 202 g/mol. The summed E-state index contributed by atoms with van der Waals surface area (Å²) in [5, 5.41) is 0. The second-order valence-corrected chi connectivity index (χ2v) is 2.93. The fraction of sp³-hybridized carbons (Fsp3) is 0.818. The van der Waals surface area contributed by atoms with Gasteiger partial charge < -0.3 is 14.2 Å². The van der Waals surface area contributed by atoms with Crippen molar-refractivity contribution in [1.29, 1.82) is 0 Å². The molecule has 14 heavy (non-hydrogen) atoms. The Morgan fingerprint density at radius 3 is 1.64 bits per heavy atom. The molecule has 0 amide bonds. The molecule has 0 aliphatic carbocycles. The van der Waals surface area contributed by atoms with Crippen LogP contribution in [0.5, 0.6) is 0 Å². The molecule has 0 heterocycles. The first-order valence-corrected chi connectivity index (χ1v) is 5.21. The molecule has 0 aliphatic heterocycles. The Kier molecular flexibility index (Phi) is 6.79. The van der Waals surface area contributed by atoms with Gasteiger partial charge in [-0.1, -0.05) is 13.0 Å². The van der Waals surface area contributed by atoms with Gasteiger partial charge in [0.25, 0.3) is 5.97 Å². The summed E-state index contributed by atoms with van der Waals surface area (Å²) in [5.74, 6) is -0.956. The molecule has 3 nitrogen and oxygen atoms in total. The topological polar surface area (TPSA) is 27.7 Å². The quantitative estimate of drug-likeness (QED) is 0.447. The van der Waals surface area contributed by atoms with Crippen LogP contribution in [0, 0.1) is 5.92 Å². The van der Waals surface area contributed by atoms with E-state index in [9.17, 15) is 0 Å². The van der Waals surface area contributed by atoms with Crippen LogP contribution < -0.4 is 0 Å². The first-order chi connectivity index (χ1) is 6.66. The highest BCUT2D eigenvalue weighted by atomic mass is 16.9. The van der Waals surface area contributed by atoms with Crippen LogP contribution in [-0.2, 0) is 14.2 Å². The van der Waals surface area contributed by atoms with Gasteiger partial charge in [0.05, 0.1) is 5.92 Å². The van der Waals surface area contributed by atoms with Gasteiger partial charge in [0, 0.05) is 19.8 Å². The number of hydrogen-bond donors (Lipinski definition) is 0. The summed E-state index contributed by atoms with van der Waals surface area (Å²) in [5.41, 5.74) is 0. The molecule has 0 aliphatic rings. The summed E-state index contributed by atoms with van der Waals surface area (Å²) < 4.78 is 16.6. The summed E-state index contributed by atoms with van der Waals surface area (Å²) in [7, 11) is 0. The second kappa shape index (κ2) is 6.98. The van der Waals surface area contributed by atoms with Gasteiger partial charge in [-0.25, -0.2) is 0 Å². The minimum atomic E-state index is -0.958. The fourth-order valence-corrected chi connectivity index (χ4v) is 1.27. The standard InChI is InChI=1S/C11H22O3/c1-6-10(5)11(12-7-2,13-8-3)14-9-4/h6,10H,1,7-9H2,2-5H3. The van der Waals surface area contributed by atoms with Gasteiger partial charge in [-0.3, -0.25) is 0 Å². The number of hydrogen-bond acceptors (Lipinski definition) is 3. The highest BCUT2D eigenvalue weighted by Gasteiger charge is 2.37. The van der Waals surface area contributed by atoms with Crippen molar-refractivity contribution in [3.8, 4) is 0 Å². The lowest BCUT2D eigenvalue weighted by molar-refractivity contribution is -0.392. The maximum absolute atomic E-state index is 5.55. The van der Waals surface area contributed by atoms with Gasteiger partial charge in [0.1, 0.15) is 0 Å². The van der Waals surface area contributed by atoms with Crippen molar-refractivity contribution >= 4 is 0 Å². The van der Waals surface area contributed by atoms with Crippen LogP contribution in [0.4, 0.5) is 0 Å². The van der Waals surface area contributed by atoms with Crippen molar-refractivity contribution in [1.82, 2.24) is 0 Å². The van der Waals surface area contributed by atoms with Crippen LogP contribution in [0.2, 0.25) is 0 Å².